The third-order valence-electron chi connectivity index (χ3n) is 4.33. The van der Waals surface area contributed by atoms with Crippen LogP contribution < -0.4 is 5.73 Å². The van der Waals surface area contributed by atoms with Gasteiger partial charge in [0, 0.05) is 11.1 Å². The summed E-state index contributed by atoms with van der Waals surface area (Å²) in [5.41, 5.74) is 12.8. The minimum absolute atomic E-state index is 0.822. The SMILES string of the molecule is Nc1ccccc1/C=C1/CCCc2cc3ccccc3nc21. The number of hydrogen-bond acceptors (Lipinski definition) is 2. The molecular weight excluding hydrogens is 268 g/mol. The van der Waals surface area contributed by atoms with E-state index >= 15 is 0 Å². The van der Waals surface area contributed by atoms with Crippen LogP contribution >= 0.6 is 0 Å². The summed E-state index contributed by atoms with van der Waals surface area (Å²) >= 11 is 0. The molecule has 0 radical (unpaired) electrons. The third-order valence-corrected chi connectivity index (χ3v) is 4.33. The molecule has 1 aromatic heterocycles. The molecule has 2 heteroatoms. The fourth-order valence-corrected chi connectivity index (χ4v) is 3.19. The molecule has 0 bridgehead atoms. The third kappa shape index (κ3) is 2.27. The zero-order valence-electron chi connectivity index (χ0n) is 12.4. The second-order valence-electron chi connectivity index (χ2n) is 5.84. The maximum atomic E-state index is 6.08. The van der Waals surface area contributed by atoms with Gasteiger partial charge in [-0.05, 0) is 60.2 Å². The maximum absolute atomic E-state index is 6.08. The number of pyridine rings is 1. The number of allylic oxidation sites excluding steroid dienone is 1. The number of nitrogen functional groups attached to an aromatic ring is 1. The van der Waals surface area contributed by atoms with E-state index in [1.165, 1.54) is 22.9 Å². The second kappa shape index (κ2) is 5.30. The lowest BCUT2D eigenvalue weighted by molar-refractivity contribution is 0.815. The number of aromatic nitrogens is 1. The van der Waals surface area contributed by atoms with Gasteiger partial charge < -0.3 is 5.73 Å². The highest BCUT2D eigenvalue weighted by Gasteiger charge is 2.16. The molecule has 1 aliphatic rings. The van der Waals surface area contributed by atoms with Crippen molar-refractivity contribution in [3.63, 3.8) is 0 Å². The van der Waals surface area contributed by atoms with Crippen LogP contribution in [0.4, 0.5) is 5.69 Å². The highest BCUT2D eigenvalue weighted by Crippen LogP contribution is 2.33. The second-order valence-corrected chi connectivity index (χ2v) is 5.84. The molecule has 0 amide bonds. The fraction of sp³-hybridized carbons (Fsp3) is 0.150. The van der Waals surface area contributed by atoms with Gasteiger partial charge in [-0.15, -0.1) is 0 Å². The number of fused-ring (bicyclic) bond motifs is 2. The molecule has 0 spiro atoms. The Morgan fingerprint density at radius 1 is 0.955 bits per heavy atom. The van der Waals surface area contributed by atoms with Crippen molar-refractivity contribution in [1.82, 2.24) is 4.98 Å². The predicted octanol–water partition coefficient (Wildman–Crippen LogP) is 4.69. The Kier molecular flexibility index (Phi) is 3.15. The first kappa shape index (κ1) is 13.1. The van der Waals surface area contributed by atoms with Gasteiger partial charge in [0.2, 0.25) is 0 Å². The van der Waals surface area contributed by atoms with Gasteiger partial charge in [0.1, 0.15) is 0 Å². The molecule has 2 N–H and O–H groups in total. The van der Waals surface area contributed by atoms with Crippen LogP contribution in [-0.4, -0.2) is 4.98 Å². The Morgan fingerprint density at radius 3 is 2.68 bits per heavy atom. The zero-order valence-corrected chi connectivity index (χ0v) is 12.4. The summed E-state index contributed by atoms with van der Waals surface area (Å²) < 4.78 is 0. The van der Waals surface area contributed by atoms with E-state index in [0.717, 1.165) is 35.3 Å². The summed E-state index contributed by atoms with van der Waals surface area (Å²) in [5.74, 6) is 0. The quantitative estimate of drug-likeness (QED) is 0.659. The van der Waals surface area contributed by atoms with Gasteiger partial charge in [-0.2, -0.15) is 0 Å². The van der Waals surface area contributed by atoms with Gasteiger partial charge >= 0.3 is 0 Å². The summed E-state index contributed by atoms with van der Waals surface area (Å²) in [6, 6.07) is 18.6. The molecule has 1 heterocycles. The lowest BCUT2D eigenvalue weighted by atomic mass is 9.89. The molecular formula is C20H18N2. The largest absolute Gasteiger partial charge is 0.398 e. The van der Waals surface area contributed by atoms with Gasteiger partial charge in [0.15, 0.2) is 0 Å². The number of nitrogens with two attached hydrogens (primary N) is 1. The number of aryl methyl sites for hydroxylation is 1. The molecule has 1 aliphatic carbocycles. The van der Waals surface area contributed by atoms with Crippen molar-refractivity contribution in [2.45, 2.75) is 19.3 Å². The summed E-state index contributed by atoms with van der Waals surface area (Å²) in [5, 5.41) is 1.22. The van der Waals surface area contributed by atoms with Crippen molar-refractivity contribution >= 4 is 28.2 Å². The average Bonchev–Trinajstić information content (AvgIpc) is 2.55. The van der Waals surface area contributed by atoms with Crippen LogP contribution in [-0.2, 0) is 6.42 Å². The molecule has 0 saturated carbocycles. The summed E-state index contributed by atoms with van der Waals surface area (Å²) in [6.45, 7) is 0. The molecule has 2 nitrogen and oxygen atoms in total. The van der Waals surface area contributed by atoms with E-state index in [1.807, 2.05) is 24.3 Å². The minimum atomic E-state index is 0.822. The number of rotatable bonds is 1. The summed E-state index contributed by atoms with van der Waals surface area (Å²) in [7, 11) is 0. The van der Waals surface area contributed by atoms with Gasteiger partial charge in [0.05, 0.1) is 11.2 Å². The van der Waals surface area contributed by atoms with E-state index in [-0.39, 0.29) is 0 Å². The lowest BCUT2D eigenvalue weighted by Crippen LogP contribution is -2.05. The number of anilines is 1. The van der Waals surface area contributed by atoms with E-state index in [1.54, 1.807) is 0 Å². The van der Waals surface area contributed by atoms with Crippen LogP contribution in [0.5, 0.6) is 0 Å². The minimum Gasteiger partial charge on any atom is -0.398 e. The lowest BCUT2D eigenvalue weighted by Gasteiger charge is -2.19. The molecule has 4 rings (SSSR count). The number of hydrogen-bond donors (Lipinski definition) is 1. The Bertz CT molecular complexity index is 878. The zero-order chi connectivity index (χ0) is 14.9. The average molecular weight is 286 g/mol. The molecule has 0 atom stereocenters. The van der Waals surface area contributed by atoms with Crippen molar-refractivity contribution < 1.29 is 0 Å². The molecule has 0 saturated heterocycles. The van der Waals surface area contributed by atoms with Gasteiger partial charge in [-0.3, -0.25) is 0 Å². The van der Waals surface area contributed by atoms with Crippen LogP contribution in [0.1, 0.15) is 29.7 Å². The summed E-state index contributed by atoms with van der Waals surface area (Å²) in [4.78, 5) is 4.91. The van der Waals surface area contributed by atoms with E-state index in [4.69, 9.17) is 10.7 Å². The maximum Gasteiger partial charge on any atom is 0.0709 e. The number of para-hydroxylation sites is 2. The van der Waals surface area contributed by atoms with Gasteiger partial charge in [0.25, 0.3) is 0 Å². The Morgan fingerprint density at radius 2 is 1.77 bits per heavy atom. The van der Waals surface area contributed by atoms with Crippen molar-refractivity contribution in [3.05, 3.63) is 71.4 Å². The normalized spacial score (nSPS) is 15.9. The number of nitrogens with zero attached hydrogens (tertiary/aromatic N) is 1. The molecule has 3 aromatic rings. The molecule has 108 valence electrons. The first-order valence-electron chi connectivity index (χ1n) is 7.75. The van der Waals surface area contributed by atoms with Crippen molar-refractivity contribution in [2.24, 2.45) is 0 Å². The van der Waals surface area contributed by atoms with Crippen LogP contribution in [0.25, 0.3) is 22.6 Å². The topological polar surface area (TPSA) is 38.9 Å². The number of benzene rings is 2. The van der Waals surface area contributed by atoms with Crippen molar-refractivity contribution in [1.29, 1.82) is 0 Å². The highest BCUT2D eigenvalue weighted by atomic mass is 14.7. The predicted molar refractivity (Wildman–Crippen MR) is 93.4 cm³/mol. The highest BCUT2D eigenvalue weighted by molar-refractivity contribution is 5.89. The van der Waals surface area contributed by atoms with Crippen LogP contribution in [0.2, 0.25) is 0 Å². The standard InChI is InChI=1S/C20H18N2/c21-18-10-3-1-6-14(18)12-16-8-5-9-17-13-15-7-2-4-11-19(15)22-20(16)17/h1-4,6-7,10-13H,5,8-9,21H2/b16-12-. The molecule has 0 unspecified atom stereocenters. The van der Waals surface area contributed by atoms with E-state index in [0.29, 0.717) is 0 Å². The molecule has 0 fully saturated rings. The first-order chi connectivity index (χ1) is 10.8. The fourth-order valence-electron chi connectivity index (χ4n) is 3.19. The smallest absolute Gasteiger partial charge is 0.0709 e. The van der Waals surface area contributed by atoms with Crippen molar-refractivity contribution in [2.75, 3.05) is 5.73 Å². The Labute approximate surface area is 130 Å². The van der Waals surface area contributed by atoms with E-state index in [2.05, 4.69) is 36.4 Å². The Balaban J connectivity index is 1.88. The van der Waals surface area contributed by atoms with Crippen molar-refractivity contribution in [3.8, 4) is 0 Å². The van der Waals surface area contributed by atoms with Gasteiger partial charge in [-0.25, -0.2) is 4.98 Å². The Hall–Kier alpha value is -2.61. The van der Waals surface area contributed by atoms with Crippen LogP contribution in [0.15, 0.2) is 54.6 Å². The summed E-state index contributed by atoms with van der Waals surface area (Å²) in [6.07, 6.45) is 5.54. The van der Waals surface area contributed by atoms with Crippen LogP contribution in [0.3, 0.4) is 0 Å². The first-order valence-corrected chi connectivity index (χ1v) is 7.75. The monoisotopic (exact) mass is 286 g/mol. The van der Waals surface area contributed by atoms with E-state index < -0.39 is 0 Å². The molecule has 2 aromatic carbocycles. The van der Waals surface area contributed by atoms with Crippen LogP contribution in [0, 0.1) is 0 Å². The molecule has 0 aliphatic heterocycles. The molecule has 22 heavy (non-hydrogen) atoms. The van der Waals surface area contributed by atoms with E-state index in [9.17, 15) is 0 Å². The van der Waals surface area contributed by atoms with Gasteiger partial charge in [-0.1, -0.05) is 36.4 Å².